The van der Waals surface area contributed by atoms with Crippen LogP contribution in [0.15, 0.2) is 42.5 Å². The fourth-order valence-corrected chi connectivity index (χ4v) is 4.68. The first-order chi connectivity index (χ1) is 14.1. The highest BCUT2D eigenvalue weighted by atomic mass is 19.1. The van der Waals surface area contributed by atoms with Gasteiger partial charge in [-0.25, -0.2) is 4.39 Å². The van der Waals surface area contributed by atoms with Gasteiger partial charge in [0.15, 0.2) is 0 Å². The number of nitrogens with one attached hydrogen (secondary N) is 3. The van der Waals surface area contributed by atoms with E-state index in [0.29, 0.717) is 28.6 Å². The summed E-state index contributed by atoms with van der Waals surface area (Å²) in [5, 5.41) is 7.02. The number of aromatic nitrogens is 1. The summed E-state index contributed by atoms with van der Waals surface area (Å²) in [7, 11) is 0. The van der Waals surface area contributed by atoms with E-state index in [9.17, 15) is 9.18 Å². The number of fused-ring (bicyclic) bond motifs is 2. The molecule has 2 unspecified atom stereocenters. The minimum Gasteiger partial charge on any atom is -0.370 e. The number of nitrogens with zero attached hydrogens (tertiary/aromatic N) is 1. The molecule has 6 heteroatoms. The van der Waals surface area contributed by atoms with Crippen LogP contribution in [0.2, 0.25) is 0 Å². The lowest BCUT2D eigenvalue weighted by molar-refractivity contribution is 0.102. The molecule has 1 aromatic heterocycles. The van der Waals surface area contributed by atoms with Gasteiger partial charge in [0.25, 0.3) is 5.91 Å². The predicted molar refractivity (Wildman–Crippen MR) is 114 cm³/mol. The van der Waals surface area contributed by atoms with Crippen LogP contribution in [0.5, 0.6) is 0 Å². The number of aromatic amines is 1. The van der Waals surface area contributed by atoms with E-state index in [4.69, 9.17) is 0 Å². The molecule has 0 aliphatic carbocycles. The highest BCUT2D eigenvalue weighted by molar-refractivity contribution is 6.06. The van der Waals surface area contributed by atoms with Crippen molar-refractivity contribution in [3.05, 3.63) is 59.5 Å². The van der Waals surface area contributed by atoms with Crippen molar-refractivity contribution in [3.8, 4) is 0 Å². The summed E-state index contributed by atoms with van der Waals surface area (Å²) < 4.78 is 14.1. The lowest BCUT2D eigenvalue weighted by atomic mass is 9.94. The van der Waals surface area contributed by atoms with Gasteiger partial charge in [-0.05, 0) is 68.1 Å². The van der Waals surface area contributed by atoms with Gasteiger partial charge in [-0.3, -0.25) is 4.79 Å². The highest BCUT2D eigenvalue weighted by Crippen LogP contribution is 2.30. The third kappa shape index (κ3) is 3.38. The lowest BCUT2D eigenvalue weighted by Crippen LogP contribution is -2.40. The minimum absolute atomic E-state index is 0.270. The molecule has 3 aromatic rings. The van der Waals surface area contributed by atoms with Crippen molar-refractivity contribution in [3.63, 3.8) is 0 Å². The van der Waals surface area contributed by atoms with E-state index >= 15 is 0 Å². The van der Waals surface area contributed by atoms with Crippen LogP contribution in [-0.2, 0) is 0 Å². The van der Waals surface area contributed by atoms with E-state index in [-0.39, 0.29) is 11.7 Å². The second kappa shape index (κ2) is 7.19. The highest BCUT2D eigenvalue weighted by Gasteiger charge is 2.34. The van der Waals surface area contributed by atoms with Crippen molar-refractivity contribution >= 4 is 28.2 Å². The summed E-state index contributed by atoms with van der Waals surface area (Å²) in [4.78, 5) is 18.2. The molecule has 1 amide bonds. The molecule has 0 bridgehead atoms. The molecule has 0 radical (unpaired) electrons. The van der Waals surface area contributed by atoms with Crippen LogP contribution in [0.1, 0.15) is 28.9 Å². The number of aryl methyl sites for hydroxylation is 1. The summed E-state index contributed by atoms with van der Waals surface area (Å²) in [6.45, 7) is 5.06. The average Bonchev–Trinajstić information content (AvgIpc) is 3.36. The molecular weight excluding hydrogens is 367 g/mol. The molecule has 2 saturated heterocycles. The molecule has 3 N–H and O–H groups in total. The second-order valence-electron chi connectivity index (χ2n) is 8.21. The quantitative estimate of drug-likeness (QED) is 0.630. The first-order valence-electron chi connectivity index (χ1n) is 10.3. The maximum absolute atomic E-state index is 14.1. The van der Waals surface area contributed by atoms with Gasteiger partial charge in [0.05, 0.1) is 5.52 Å². The van der Waals surface area contributed by atoms with Gasteiger partial charge in [0.2, 0.25) is 0 Å². The number of benzene rings is 2. The summed E-state index contributed by atoms with van der Waals surface area (Å²) in [5.74, 6) is 0.104. The molecular formula is C23H25FN4O. The first kappa shape index (κ1) is 18.2. The largest absolute Gasteiger partial charge is 0.370 e. The Morgan fingerprint density at radius 1 is 1.21 bits per heavy atom. The van der Waals surface area contributed by atoms with Gasteiger partial charge in [0, 0.05) is 35.9 Å². The van der Waals surface area contributed by atoms with Crippen molar-refractivity contribution < 1.29 is 9.18 Å². The molecule has 0 spiro atoms. The normalized spacial score (nSPS) is 21.4. The van der Waals surface area contributed by atoms with Crippen LogP contribution >= 0.6 is 0 Å². The Balaban J connectivity index is 1.35. The van der Waals surface area contributed by atoms with Crippen LogP contribution in [0, 0.1) is 18.7 Å². The molecule has 0 saturated carbocycles. The van der Waals surface area contributed by atoms with Crippen molar-refractivity contribution in [2.24, 2.45) is 5.92 Å². The number of H-pyrrole nitrogens is 1. The monoisotopic (exact) mass is 392 g/mol. The predicted octanol–water partition coefficient (Wildman–Crippen LogP) is 4.06. The second-order valence-corrected chi connectivity index (χ2v) is 8.21. The average molecular weight is 392 g/mol. The van der Waals surface area contributed by atoms with Gasteiger partial charge in [-0.2, -0.15) is 0 Å². The molecule has 2 aromatic carbocycles. The van der Waals surface area contributed by atoms with E-state index in [1.54, 1.807) is 12.1 Å². The molecule has 5 nitrogen and oxygen atoms in total. The number of hydrogen-bond donors (Lipinski definition) is 3. The smallest absolute Gasteiger partial charge is 0.272 e. The minimum atomic E-state index is -0.327. The Morgan fingerprint density at radius 2 is 2.10 bits per heavy atom. The Hall–Kier alpha value is -2.86. The van der Waals surface area contributed by atoms with Gasteiger partial charge < -0.3 is 20.5 Å². The van der Waals surface area contributed by atoms with E-state index in [2.05, 4.69) is 26.6 Å². The lowest BCUT2D eigenvalue weighted by Gasteiger charge is -2.24. The maximum Gasteiger partial charge on any atom is 0.272 e. The number of hydrogen-bond acceptors (Lipinski definition) is 3. The van der Waals surface area contributed by atoms with Crippen LogP contribution in [0.25, 0.3) is 10.9 Å². The van der Waals surface area contributed by atoms with Gasteiger partial charge in [-0.15, -0.1) is 0 Å². The Labute approximate surface area is 169 Å². The molecule has 5 rings (SSSR count). The topological polar surface area (TPSA) is 60.2 Å². The number of carbonyl (C=O) groups is 1. The summed E-state index contributed by atoms with van der Waals surface area (Å²) in [6, 6.07) is 13.2. The first-order valence-corrected chi connectivity index (χ1v) is 10.3. The number of carbonyl (C=O) groups excluding carboxylic acids is 1. The standard InChI is InChI=1S/C23H25FN4O/c1-14-7-8-19(24)18-11-20(27-22(14)18)23(29)26-16-5-2-6-17(10-16)28-12-15-4-3-9-25-21(15)13-28/h2,5-8,10-11,15,21,25,27H,3-4,9,12-13H2,1H3,(H,26,29). The van der Waals surface area contributed by atoms with Gasteiger partial charge in [-0.1, -0.05) is 12.1 Å². The zero-order valence-electron chi connectivity index (χ0n) is 16.5. The number of piperidine rings is 1. The zero-order chi connectivity index (χ0) is 20.0. The SMILES string of the molecule is Cc1ccc(F)c2cc(C(=O)Nc3cccc(N4CC5CCCNC5C4)c3)[nH]c12. The Morgan fingerprint density at radius 3 is 2.93 bits per heavy atom. The van der Waals surface area contributed by atoms with E-state index < -0.39 is 0 Å². The Bertz CT molecular complexity index is 1020. The molecule has 2 fully saturated rings. The number of rotatable bonds is 3. The molecule has 29 heavy (non-hydrogen) atoms. The summed E-state index contributed by atoms with van der Waals surface area (Å²) in [5.41, 5.74) is 3.79. The fourth-order valence-electron chi connectivity index (χ4n) is 4.68. The number of anilines is 2. The maximum atomic E-state index is 14.1. The number of halogens is 1. The molecule has 3 heterocycles. The van der Waals surface area contributed by atoms with Crippen molar-refractivity contribution in [1.82, 2.24) is 10.3 Å². The van der Waals surface area contributed by atoms with Crippen molar-refractivity contribution in [2.75, 3.05) is 29.9 Å². The van der Waals surface area contributed by atoms with Crippen LogP contribution < -0.4 is 15.5 Å². The molecule has 2 atom stereocenters. The summed E-state index contributed by atoms with van der Waals surface area (Å²) >= 11 is 0. The third-order valence-electron chi connectivity index (χ3n) is 6.26. The van der Waals surface area contributed by atoms with E-state index in [0.717, 1.165) is 36.6 Å². The van der Waals surface area contributed by atoms with Gasteiger partial charge in [0.1, 0.15) is 11.5 Å². The van der Waals surface area contributed by atoms with Crippen LogP contribution in [-0.4, -0.2) is 36.6 Å². The third-order valence-corrected chi connectivity index (χ3v) is 6.26. The van der Waals surface area contributed by atoms with Crippen LogP contribution in [0.4, 0.5) is 15.8 Å². The molecule has 150 valence electrons. The van der Waals surface area contributed by atoms with Crippen LogP contribution in [0.3, 0.4) is 0 Å². The fraction of sp³-hybridized carbons (Fsp3) is 0.348. The molecule has 2 aliphatic rings. The zero-order valence-corrected chi connectivity index (χ0v) is 16.5. The molecule has 2 aliphatic heterocycles. The van der Waals surface area contributed by atoms with Gasteiger partial charge >= 0.3 is 0 Å². The summed E-state index contributed by atoms with van der Waals surface area (Å²) in [6.07, 6.45) is 2.52. The number of amides is 1. The van der Waals surface area contributed by atoms with E-state index in [1.165, 1.54) is 18.9 Å². The van der Waals surface area contributed by atoms with Crippen molar-refractivity contribution in [2.45, 2.75) is 25.8 Å². The Kier molecular flexibility index (Phi) is 4.51. The van der Waals surface area contributed by atoms with Crippen molar-refractivity contribution in [1.29, 1.82) is 0 Å². The van der Waals surface area contributed by atoms with E-state index in [1.807, 2.05) is 25.1 Å².